The van der Waals surface area contributed by atoms with E-state index in [1.54, 1.807) is 17.0 Å². The number of hydrogen-bond donors (Lipinski definition) is 1. The van der Waals surface area contributed by atoms with Crippen LogP contribution in [0.15, 0.2) is 18.2 Å². The molecule has 0 spiro atoms. The third-order valence-electron chi connectivity index (χ3n) is 3.22. The van der Waals surface area contributed by atoms with E-state index in [0.717, 1.165) is 0 Å². The van der Waals surface area contributed by atoms with Crippen molar-refractivity contribution in [2.45, 2.75) is 19.1 Å². The van der Waals surface area contributed by atoms with Gasteiger partial charge in [0, 0.05) is 18.4 Å². The Balaban J connectivity index is 2.22. The number of halogens is 1. The van der Waals surface area contributed by atoms with Crippen LogP contribution in [-0.2, 0) is 4.74 Å². The molecule has 0 aromatic heterocycles. The molecule has 0 saturated carbocycles. The van der Waals surface area contributed by atoms with Gasteiger partial charge in [-0.2, -0.15) is 0 Å². The molecule has 1 aromatic carbocycles. The number of ether oxygens (including phenoxy) is 2. The second-order valence-corrected chi connectivity index (χ2v) is 5.46. The fraction of sp³-hybridized carbons (Fsp3) is 0.500. The van der Waals surface area contributed by atoms with Gasteiger partial charge in [0.05, 0.1) is 24.9 Å². The van der Waals surface area contributed by atoms with Gasteiger partial charge in [-0.3, -0.25) is 4.79 Å². The number of phenols is 1. The first-order valence-corrected chi connectivity index (χ1v) is 7.55. The monoisotopic (exact) mass is 343 g/mol. The molecule has 0 radical (unpaired) electrons. The number of hydrogen-bond acceptors (Lipinski definition) is 4. The summed E-state index contributed by atoms with van der Waals surface area (Å²) < 4.78 is 10.8. The van der Waals surface area contributed by atoms with E-state index in [1.807, 2.05) is 6.92 Å². The van der Waals surface area contributed by atoms with Gasteiger partial charge in [-0.05, 0) is 25.1 Å². The molecule has 1 heterocycles. The van der Waals surface area contributed by atoms with Crippen LogP contribution in [0.3, 0.4) is 0 Å². The van der Waals surface area contributed by atoms with Gasteiger partial charge in [0.2, 0.25) is 0 Å². The first kappa shape index (κ1) is 15.1. The van der Waals surface area contributed by atoms with Gasteiger partial charge in [-0.25, -0.2) is 0 Å². The first-order chi connectivity index (χ1) is 9.55. The molecule has 1 saturated heterocycles. The lowest BCUT2D eigenvalue weighted by molar-refractivity contribution is -0.0560. The molecule has 1 N–H and O–H groups in total. The number of methoxy groups -OCH3 is 1. The average molecular weight is 344 g/mol. The number of aromatic hydroxyl groups is 1. The highest BCUT2D eigenvalue weighted by Crippen LogP contribution is 2.25. The minimum absolute atomic E-state index is 0.0250. The Hall–Kier alpha value is -1.27. The van der Waals surface area contributed by atoms with Crippen molar-refractivity contribution in [3.8, 4) is 11.5 Å². The van der Waals surface area contributed by atoms with Crippen LogP contribution in [0.1, 0.15) is 17.3 Å². The molecule has 1 aliphatic rings. The summed E-state index contributed by atoms with van der Waals surface area (Å²) in [6, 6.07) is 4.65. The van der Waals surface area contributed by atoms with Crippen LogP contribution in [0.5, 0.6) is 11.5 Å². The van der Waals surface area contributed by atoms with E-state index in [4.69, 9.17) is 9.47 Å². The number of carbonyl (C=O) groups is 1. The van der Waals surface area contributed by atoms with Crippen molar-refractivity contribution in [2.75, 3.05) is 25.5 Å². The van der Waals surface area contributed by atoms with Gasteiger partial charge in [-0.1, -0.05) is 15.9 Å². The molecule has 2 rings (SSSR count). The first-order valence-electron chi connectivity index (χ1n) is 6.42. The molecule has 20 heavy (non-hydrogen) atoms. The smallest absolute Gasteiger partial charge is 0.257 e. The minimum atomic E-state index is -0.206. The third kappa shape index (κ3) is 3.24. The highest BCUT2D eigenvalue weighted by atomic mass is 79.9. The summed E-state index contributed by atoms with van der Waals surface area (Å²) in [5.41, 5.74) is 0.256. The van der Waals surface area contributed by atoms with Crippen molar-refractivity contribution in [3.63, 3.8) is 0 Å². The van der Waals surface area contributed by atoms with Crippen molar-refractivity contribution < 1.29 is 19.4 Å². The van der Waals surface area contributed by atoms with E-state index in [0.29, 0.717) is 24.2 Å². The Morgan fingerprint density at radius 1 is 1.55 bits per heavy atom. The SMILES string of the molecule is COc1ccc(O)c(C(=O)N2CC(C)OC(CBr)C2)c1. The summed E-state index contributed by atoms with van der Waals surface area (Å²) in [4.78, 5) is 14.2. The predicted molar refractivity (Wildman–Crippen MR) is 78.7 cm³/mol. The van der Waals surface area contributed by atoms with Crippen LogP contribution in [0.25, 0.3) is 0 Å². The third-order valence-corrected chi connectivity index (χ3v) is 3.94. The molecular weight excluding hydrogens is 326 g/mol. The maximum atomic E-state index is 12.5. The number of rotatable bonds is 3. The van der Waals surface area contributed by atoms with Crippen LogP contribution in [-0.4, -0.2) is 53.7 Å². The molecule has 6 heteroatoms. The topological polar surface area (TPSA) is 59.0 Å². The van der Waals surface area contributed by atoms with E-state index >= 15 is 0 Å². The molecule has 2 unspecified atom stereocenters. The Labute approximate surface area is 126 Å². The highest BCUT2D eigenvalue weighted by molar-refractivity contribution is 9.09. The molecule has 2 atom stereocenters. The van der Waals surface area contributed by atoms with E-state index < -0.39 is 0 Å². The standard InChI is InChI=1S/C14H18BrNO4/c1-9-7-16(8-11(6-15)20-9)14(18)12-5-10(19-2)3-4-13(12)17/h3-5,9,11,17H,6-8H2,1-2H3. The maximum Gasteiger partial charge on any atom is 0.257 e. The number of amides is 1. The van der Waals surface area contributed by atoms with Crippen molar-refractivity contribution in [3.05, 3.63) is 23.8 Å². The number of nitrogens with zero attached hydrogens (tertiary/aromatic N) is 1. The number of morpholine rings is 1. The van der Waals surface area contributed by atoms with Crippen LogP contribution < -0.4 is 4.74 Å². The van der Waals surface area contributed by atoms with Crippen LogP contribution >= 0.6 is 15.9 Å². The van der Waals surface area contributed by atoms with Crippen LogP contribution in [0.4, 0.5) is 0 Å². The number of alkyl halides is 1. The lowest BCUT2D eigenvalue weighted by atomic mass is 10.1. The Morgan fingerprint density at radius 2 is 2.30 bits per heavy atom. The molecule has 1 aliphatic heterocycles. The summed E-state index contributed by atoms with van der Waals surface area (Å²) >= 11 is 3.38. The Bertz CT molecular complexity index is 494. The lowest BCUT2D eigenvalue weighted by Crippen LogP contribution is -2.49. The molecule has 110 valence electrons. The molecular formula is C14H18BrNO4. The molecule has 1 aromatic rings. The van der Waals surface area contributed by atoms with Gasteiger partial charge in [0.1, 0.15) is 11.5 Å². The van der Waals surface area contributed by atoms with Crippen LogP contribution in [0, 0.1) is 0 Å². The van der Waals surface area contributed by atoms with Gasteiger partial charge in [0.25, 0.3) is 5.91 Å². The minimum Gasteiger partial charge on any atom is -0.507 e. The quantitative estimate of drug-likeness (QED) is 0.853. The zero-order valence-corrected chi connectivity index (χ0v) is 13.1. The molecule has 5 nitrogen and oxygen atoms in total. The van der Waals surface area contributed by atoms with E-state index in [-0.39, 0.29) is 29.4 Å². The van der Waals surface area contributed by atoms with E-state index in [1.165, 1.54) is 13.2 Å². The van der Waals surface area contributed by atoms with Crippen molar-refractivity contribution >= 4 is 21.8 Å². The van der Waals surface area contributed by atoms with Crippen LogP contribution in [0.2, 0.25) is 0 Å². The molecule has 0 aliphatic carbocycles. The Kier molecular flexibility index (Phi) is 4.88. The normalized spacial score (nSPS) is 22.6. The molecule has 1 amide bonds. The van der Waals surface area contributed by atoms with Crippen molar-refractivity contribution in [1.82, 2.24) is 4.90 Å². The highest BCUT2D eigenvalue weighted by Gasteiger charge is 2.29. The Morgan fingerprint density at radius 3 is 2.95 bits per heavy atom. The van der Waals surface area contributed by atoms with Gasteiger partial charge >= 0.3 is 0 Å². The fourth-order valence-electron chi connectivity index (χ4n) is 2.28. The number of benzene rings is 1. The maximum absolute atomic E-state index is 12.5. The summed E-state index contributed by atoms with van der Waals surface area (Å²) in [5, 5.41) is 10.5. The summed E-state index contributed by atoms with van der Waals surface area (Å²) in [7, 11) is 1.53. The number of carbonyl (C=O) groups excluding carboxylic acids is 1. The zero-order chi connectivity index (χ0) is 14.7. The van der Waals surface area contributed by atoms with E-state index in [9.17, 15) is 9.90 Å². The second-order valence-electron chi connectivity index (χ2n) is 4.82. The molecule has 1 fully saturated rings. The fourth-order valence-corrected chi connectivity index (χ4v) is 2.64. The lowest BCUT2D eigenvalue weighted by Gasteiger charge is -2.36. The summed E-state index contributed by atoms with van der Waals surface area (Å²) in [6.07, 6.45) is -0.0570. The van der Waals surface area contributed by atoms with E-state index in [2.05, 4.69) is 15.9 Å². The summed E-state index contributed by atoms with van der Waals surface area (Å²) in [6.45, 7) is 2.95. The number of phenolic OH excluding ortho intramolecular Hbond substituents is 1. The predicted octanol–water partition coefficient (Wildman–Crippen LogP) is 2.03. The van der Waals surface area contributed by atoms with Crippen molar-refractivity contribution in [2.24, 2.45) is 0 Å². The summed E-state index contributed by atoms with van der Waals surface area (Å²) in [5.74, 6) is 0.303. The van der Waals surface area contributed by atoms with Gasteiger partial charge in [0.15, 0.2) is 0 Å². The largest absolute Gasteiger partial charge is 0.507 e. The zero-order valence-electron chi connectivity index (χ0n) is 11.5. The second kappa shape index (κ2) is 6.45. The van der Waals surface area contributed by atoms with Gasteiger partial charge < -0.3 is 19.5 Å². The van der Waals surface area contributed by atoms with Gasteiger partial charge in [-0.15, -0.1) is 0 Å². The van der Waals surface area contributed by atoms with Crippen molar-refractivity contribution in [1.29, 1.82) is 0 Å². The average Bonchev–Trinajstić information content (AvgIpc) is 2.46. The molecule has 0 bridgehead atoms.